The minimum atomic E-state index is 0.642. The molecule has 0 aliphatic carbocycles. The van der Waals surface area contributed by atoms with Crippen molar-refractivity contribution in [1.82, 2.24) is 9.55 Å². The monoisotopic (exact) mass is 352 g/mol. The zero-order valence-corrected chi connectivity index (χ0v) is 14.7. The Hall–Kier alpha value is -2.72. The van der Waals surface area contributed by atoms with Gasteiger partial charge in [-0.05, 0) is 55.0 Å². The van der Waals surface area contributed by atoms with E-state index in [0.29, 0.717) is 11.6 Å². The van der Waals surface area contributed by atoms with Crippen LogP contribution in [0, 0.1) is 6.92 Å². The van der Waals surface area contributed by atoms with Crippen molar-refractivity contribution < 1.29 is 9.15 Å². The molecule has 4 rings (SSSR count). The standard InChI is InChI=1S/C20H17ClN2O2/c1-13-6-9-19(25-13)20-22-17-8-7-15(21)11-18(17)23(20)12-14-4-3-5-16(10-14)24-2/h3-11H,12H2,1-2H3. The smallest absolute Gasteiger partial charge is 0.177 e. The van der Waals surface area contributed by atoms with Gasteiger partial charge in [0.25, 0.3) is 0 Å². The van der Waals surface area contributed by atoms with Gasteiger partial charge in [-0.1, -0.05) is 23.7 Å². The van der Waals surface area contributed by atoms with E-state index in [9.17, 15) is 0 Å². The van der Waals surface area contributed by atoms with Gasteiger partial charge >= 0.3 is 0 Å². The van der Waals surface area contributed by atoms with Gasteiger partial charge in [-0.15, -0.1) is 0 Å². The van der Waals surface area contributed by atoms with Crippen LogP contribution in [0.25, 0.3) is 22.6 Å². The normalized spacial score (nSPS) is 11.2. The zero-order valence-electron chi connectivity index (χ0n) is 14.0. The molecule has 0 saturated carbocycles. The fraction of sp³-hybridized carbons (Fsp3) is 0.150. The molecule has 0 spiro atoms. The average molecular weight is 353 g/mol. The van der Waals surface area contributed by atoms with Gasteiger partial charge in [-0.2, -0.15) is 0 Å². The van der Waals surface area contributed by atoms with Crippen LogP contribution in [-0.4, -0.2) is 16.7 Å². The number of methoxy groups -OCH3 is 1. The lowest BCUT2D eigenvalue weighted by Crippen LogP contribution is -2.02. The number of benzene rings is 2. The third kappa shape index (κ3) is 3.01. The van der Waals surface area contributed by atoms with Crippen LogP contribution in [0.4, 0.5) is 0 Å². The molecule has 0 N–H and O–H groups in total. The molecule has 0 aliphatic heterocycles. The molecule has 126 valence electrons. The third-order valence-corrected chi connectivity index (χ3v) is 4.38. The van der Waals surface area contributed by atoms with Crippen LogP contribution in [0.1, 0.15) is 11.3 Å². The first kappa shape index (κ1) is 15.8. The number of aromatic nitrogens is 2. The van der Waals surface area contributed by atoms with Crippen molar-refractivity contribution >= 4 is 22.6 Å². The van der Waals surface area contributed by atoms with E-state index in [2.05, 4.69) is 10.6 Å². The van der Waals surface area contributed by atoms with Crippen molar-refractivity contribution in [2.75, 3.05) is 7.11 Å². The Morgan fingerprint density at radius 3 is 2.76 bits per heavy atom. The van der Waals surface area contributed by atoms with Gasteiger partial charge in [0.1, 0.15) is 11.5 Å². The topological polar surface area (TPSA) is 40.2 Å². The van der Waals surface area contributed by atoms with E-state index in [1.165, 1.54) is 0 Å². The number of hydrogen-bond donors (Lipinski definition) is 0. The first-order valence-electron chi connectivity index (χ1n) is 7.99. The molecule has 4 nitrogen and oxygen atoms in total. The van der Waals surface area contributed by atoms with Gasteiger partial charge in [0.2, 0.25) is 0 Å². The molecule has 0 saturated heterocycles. The van der Waals surface area contributed by atoms with E-state index < -0.39 is 0 Å². The van der Waals surface area contributed by atoms with Crippen LogP contribution in [0.15, 0.2) is 59.0 Å². The Labute approximate surface area is 150 Å². The molecule has 2 heterocycles. The van der Waals surface area contributed by atoms with Gasteiger partial charge in [-0.3, -0.25) is 0 Å². The molecular weight excluding hydrogens is 336 g/mol. The summed E-state index contributed by atoms with van der Waals surface area (Å²) in [4.78, 5) is 4.76. The maximum atomic E-state index is 6.22. The first-order valence-corrected chi connectivity index (χ1v) is 8.37. The number of ether oxygens (including phenoxy) is 1. The van der Waals surface area contributed by atoms with Crippen LogP contribution in [0.3, 0.4) is 0 Å². The fourth-order valence-electron chi connectivity index (χ4n) is 2.95. The number of aryl methyl sites for hydroxylation is 1. The summed E-state index contributed by atoms with van der Waals surface area (Å²) >= 11 is 6.22. The van der Waals surface area contributed by atoms with Crippen LogP contribution >= 0.6 is 11.6 Å². The second-order valence-corrected chi connectivity index (χ2v) is 6.35. The third-order valence-electron chi connectivity index (χ3n) is 4.15. The predicted molar refractivity (Wildman–Crippen MR) is 99.3 cm³/mol. The van der Waals surface area contributed by atoms with Crippen LogP contribution in [0.5, 0.6) is 5.75 Å². The largest absolute Gasteiger partial charge is 0.497 e. The van der Waals surface area contributed by atoms with Crippen LogP contribution < -0.4 is 4.74 Å². The number of rotatable bonds is 4. The number of furan rings is 1. The van der Waals surface area contributed by atoms with Crippen molar-refractivity contribution in [3.63, 3.8) is 0 Å². The summed E-state index contributed by atoms with van der Waals surface area (Å²) in [7, 11) is 1.67. The molecule has 4 aromatic rings. The van der Waals surface area contributed by atoms with E-state index in [1.54, 1.807) is 7.11 Å². The molecule has 2 aromatic carbocycles. The van der Waals surface area contributed by atoms with Crippen molar-refractivity contribution in [3.05, 3.63) is 70.9 Å². The average Bonchev–Trinajstić information content (AvgIpc) is 3.19. The van der Waals surface area contributed by atoms with Gasteiger partial charge < -0.3 is 13.7 Å². The van der Waals surface area contributed by atoms with E-state index >= 15 is 0 Å². The summed E-state index contributed by atoms with van der Waals surface area (Å²) in [6, 6.07) is 17.6. The molecule has 0 atom stereocenters. The van der Waals surface area contributed by atoms with Gasteiger partial charge in [-0.25, -0.2) is 4.98 Å². The highest BCUT2D eigenvalue weighted by Crippen LogP contribution is 2.29. The van der Waals surface area contributed by atoms with Crippen LogP contribution in [0.2, 0.25) is 5.02 Å². The number of nitrogens with zero attached hydrogens (tertiary/aromatic N) is 2. The minimum Gasteiger partial charge on any atom is -0.497 e. The first-order chi connectivity index (χ1) is 12.1. The molecular formula is C20H17ClN2O2. The lowest BCUT2D eigenvalue weighted by molar-refractivity contribution is 0.414. The highest BCUT2D eigenvalue weighted by atomic mass is 35.5. The molecule has 5 heteroatoms. The summed E-state index contributed by atoms with van der Waals surface area (Å²) in [5.41, 5.74) is 2.97. The zero-order chi connectivity index (χ0) is 17.4. The maximum absolute atomic E-state index is 6.22. The van der Waals surface area contributed by atoms with Gasteiger partial charge in [0.15, 0.2) is 11.6 Å². The van der Waals surface area contributed by atoms with Crippen molar-refractivity contribution in [2.45, 2.75) is 13.5 Å². The molecule has 0 radical (unpaired) electrons. The van der Waals surface area contributed by atoms with E-state index in [1.807, 2.05) is 55.5 Å². The predicted octanol–water partition coefficient (Wildman–Crippen LogP) is 5.32. The second-order valence-electron chi connectivity index (χ2n) is 5.92. The summed E-state index contributed by atoms with van der Waals surface area (Å²) in [5.74, 6) is 3.21. The Morgan fingerprint density at radius 2 is 2.00 bits per heavy atom. The maximum Gasteiger partial charge on any atom is 0.177 e. The lowest BCUT2D eigenvalue weighted by atomic mass is 10.2. The molecule has 0 bridgehead atoms. The lowest BCUT2D eigenvalue weighted by Gasteiger charge is -2.09. The molecule has 25 heavy (non-hydrogen) atoms. The number of imidazole rings is 1. The van der Waals surface area contributed by atoms with Crippen molar-refractivity contribution in [1.29, 1.82) is 0 Å². The Morgan fingerprint density at radius 1 is 1.12 bits per heavy atom. The molecule has 0 amide bonds. The van der Waals surface area contributed by atoms with E-state index in [0.717, 1.165) is 39.7 Å². The van der Waals surface area contributed by atoms with Gasteiger partial charge in [0.05, 0.1) is 18.1 Å². The Bertz CT molecular complexity index is 1050. The summed E-state index contributed by atoms with van der Waals surface area (Å²) in [5, 5.41) is 0.682. The quantitative estimate of drug-likeness (QED) is 0.499. The van der Waals surface area contributed by atoms with Crippen LogP contribution in [-0.2, 0) is 6.54 Å². The van der Waals surface area contributed by atoms with Crippen molar-refractivity contribution in [2.24, 2.45) is 0 Å². The SMILES string of the molecule is COc1cccc(Cn2c(-c3ccc(C)o3)nc3ccc(Cl)cc32)c1. The van der Waals surface area contributed by atoms with E-state index in [4.69, 9.17) is 25.7 Å². The van der Waals surface area contributed by atoms with E-state index in [-0.39, 0.29) is 0 Å². The Balaban J connectivity index is 1.88. The summed E-state index contributed by atoms with van der Waals surface area (Å²) < 4.78 is 13.3. The second kappa shape index (κ2) is 6.30. The summed E-state index contributed by atoms with van der Waals surface area (Å²) in [6.45, 7) is 2.57. The molecule has 2 aromatic heterocycles. The highest BCUT2D eigenvalue weighted by Gasteiger charge is 2.16. The molecule has 0 fully saturated rings. The summed E-state index contributed by atoms with van der Waals surface area (Å²) in [6.07, 6.45) is 0. The number of fused-ring (bicyclic) bond motifs is 1. The van der Waals surface area contributed by atoms with Crippen molar-refractivity contribution in [3.8, 4) is 17.3 Å². The molecule has 0 unspecified atom stereocenters. The number of hydrogen-bond acceptors (Lipinski definition) is 3. The van der Waals surface area contributed by atoms with Gasteiger partial charge in [0, 0.05) is 11.6 Å². The minimum absolute atomic E-state index is 0.642. The number of halogens is 1. The fourth-order valence-corrected chi connectivity index (χ4v) is 3.12. The highest BCUT2D eigenvalue weighted by molar-refractivity contribution is 6.31. The Kier molecular flexibility index (Phi) is 3.98. The molecule has 0 aliphatic rings.